The summed E-state index contributed by atoms with van der Waals surface area (Å²) in [7, 11) is 0. The van der Waals surface area contributed by atoms with Crippen molar-refractivity contribution in [3.63, 3.8) is 0 Å². The molecule has 2 aromatic carbocycles. The van der Waals surface area contributed by atoms with Crippen LogP contribution in [0.15, 0.2) is 42.5 Å². The lowest BCUT2D eigenvalue weighted by atomic mass is 10.0. The predicted molar refractivity (Wildman–Crippen MR) is 128 cm³/mol. The molecule has 5 nitrogen and oxygen atoms in total. The second-order valence-corrected chi connectivity index (χ2v) is 9.38. The first-order valence-corrected chi connectivity index (χ1v) is 12.4. The van der Waals surface area contributed by atoms with Crippen molar-refractivity contribution in [2.24, 2.45) is 0 Å². The standard InChI is InChI=1S/C27H28F6N2O3/c28-26(29,30)20-14-18(15-21(16-20)27(31,32)33)10-11-34-23-8-6-19-13-17(4-7-22(19)23)5-9-24(36)35-38-25-3-1-2-12-37-25/h4-5,7,9,13-16,23,25,34H,1-3,6,8,10-12H2,(H,35,36)/b9-5+. The molecule has 0 radical (unpaired) electrons. The van der Waals surface area contributed by atoms with Crippen LogP contribution in [0.25, 0.3) is 6.08 Å². The number of carbonyl (C=O) groups is 1. The predicted octanol–water partition coefficient (Wildman–Crippen LogP) is 6.13. The molecule has 0 spiro atoms. The van der Waals surface area contributed by atoms with E-state index in [-0.39, 0.29) is 30.6 Å². The van der Waals surface area contributed by atoms with Gasteiger partial charge in [-0.15, -0.1) is 0 Å². The molecule has 11 heteroatoms. The molecule has 2 unspecified atom stereocenters. The maximum atomic E-state index is 13.1. The monoisotopic (exact) mass is 542 g/mol. The molecule has 1 aliphatic carbocycles. The van der Waals surface area contributed by atoms with E-state index in [4.69, 9.17) is 9.57 Å². The van der Waals surface area contributed by atoms with Crippen molar-refractivity contribution in [2.75, 3.05) is 13.2 Å². The Morgan fingerprint density at radius 2 is 1.74 bits per heavy atom. The summed E-state index contributed by atoms with van der Waals surface area (Å²) in [6.07, 6.45) is -2.96. The van der Waals surface area contributed by atoms with Gasteiger partial charge in [0.05, 0.1) is 11.1 Å². The molecule has 1 aliphatic heterocycles. The molecule has 2 atom stereocenters. The van der Waals surface area contributed by atoms with Crippen molar-refractivity contribution in [2.45, 2.75) is 63.2 Å². The number of alkyl halides is 6. The molecule has 1 heterocycles. The maximum Gasteiger partial charge on any atom is 0.416 e. The minimum atomic E-state index is -4.86. The van der Waals surface area contributed by atoms with Crippen molar-refractivity contribution in [1.29, 1.82) is 0 Å². The van der Waals surface area contributed by atoms with Crippen LogP contribution < -0.4 is 10.8 Å². The molecular formula is C27H28F6N2O3. The van der Waals surface area contributed by atoms with Gasteiger partial charge in [-0.25, -0.2) is 10.3 Å². The van der Waals surface area contributed by atoms with Crippen LogP contribution in [0, 0.1) is 0 Å². The third-order valence-corrected chi connectivity index (χ3v) is 6.55. The molecule has 38 heavy (non-hydrogen) atoms. The molecule has 1 saturated heterocycles. The Labute approximate surface area is 216 Å². The van der Waals surface area contributed by atoms with Crippen LogP contribution >= 0.6 is 0 Å². The molecule has 0 bridgehead atoms. The molecule has 2 aromatic rings. The van der Waals surface area contributed by atoms with Gasteiger partial charge in [-0.3, -0.25) is 4.79 Å². The van der Waals surface area contributed by atoms with E-state index in [0.717, 1.165) is 60.9 Å². The Kier molecular flexibility index (Phi) is 8.79. The number of ether oxygens (including phenoxy) is 1. The molecule has 1 amide bonds. The van der Waals surface area contributed by atoms with Crippen molar-refractivity contribution >= 4 is 12.0 Å². The average Bonchev–Trinajstić information content (AvgIpc) is 3.28. The lowest BCUT2D eigenvalue weighted by molar-refractivity contribution is -0.198. The summed E-state index contributed by atoms with van der Waals surface area (Å²) in [4.78, 5) is 17.3. The Hall–Kier alpha value is -2.89. The van der Waals surface area contributed by atoms with E-state index in [1.54, 1.807) is 6.08 Å². The highest BCUT2D eigenvalue weighted by atomic mass is 19.4. The first kappa shape index (κ1) is 28.1. The highest BCUT2D eigenvalue weighted by molar-refractivity contribution is 5.91. The van der Waals surface area contributed by atoms with Gasteiger partial charge >= 0.3 is 12.4 Å². The van der Waals surface area contributed by atoms with Crippen LogP contribution in [0.1, 0.15) is 65.1 Å². The van der Waals surface area contributed by atoms with Gasteiger partial charge in [0.1, 0.15) is 0 Å². The molecule has 0 aromatic heterocycles. The number of amides is 1. The Morgan fingerprint density at radius 1 is 1.00 bits per heavy atom. The molecule has 206 valence electrons. The topological polar surface area (TPSA) is 59.6 Å². The number of rotatable bonds is 8. The quantitative estimate of drug-likeness (QED) is 0.239. The smallest absolute Gasteiger partial charge is 0.350 e. The van der Waals surface area contributed by atoms with Crippen LogP contribution in [-0.2, 0) is 39.6 Å². The van der Waals surface area contributed by atoms with Gasteiger partial charge in [0.25, 0.3) is 5.91 Å². The van der Waals surface area contributed by atoms with Gasteiger partial charge in [-0.05, 0) is 85.2 Å². The van der Waals surface area contributed by atoms with Gasteiger partial charge < -0.3 is 10.1 Å². The third kappa shape index (κ3) is 7.58. The lowest BCUT2D eigenvalue weighted by Gasteiger charge is -2.21. The van der Waals surface area contributed by atoms with E-state index >= 15 is 0 Å². The van der Waals surface area contributed by atoms with Crippen LogP contribution in [0.5, 0.6) is 0 Å². The number of carbonyl (C=O) groups excluding carboxylic acids is 1. The Bertz CT molecular complexity index is 1120. The molecule has 2 N–H and O–H groups in total. The zero-order valence-electron chi connectivity index (χ0n) is 20.4. The van der Waals surface area contributed by atoms with Crippen molar-refractivity contribution in [3.8, 4) is 0 Å². The summed E-state index contributed by atoms with van der Waals surface area (Å²) in [5.41, 5.74) is 2.61. The fourth-order valence-electron chi connectivity index (χ4n) is 4.64. The Balaban J connectivity index is 1.31. The summed E-state index contributed by atoms with van der Waals surface area (Å²) in [6.45, 7) is 0.820. The summed E-state index contributed by atoms with van der Waals surface area (Å²) in [5.74, 6) is -0.414. The highest BCUT2D eigenvalue weighted by Gasteiger charge is 2.36. The number of hydrogen-bond acceptors (Lipinski definition) is 4. The van der Waals surface area contributed by atoms with Gasteiger partial charge in [-0.2, -0.15) is 26.3 Å². The maximum absolute atomic E-state index is 13.1. The van der Waals surface area contributed by atoms with Gasteiger partial charge in [-0.1, -0.05) is 18.2 Å². The van der Waals surface area contributed by atoms with Crippen molar-refractivity contribution < 1.29 is 40.7 Å². The van der Waals surface area contributed by atoms with Crippen LogP contribution in [0.4, 0.5) is 26.3 Å². The normalized spacial score (nSPS) is 20.1. The van der Waals surface area contributed by atoms with Gasteiger partial charge in [0.15, 0.2) is 6.29 Å². The van der Waals surface area contributed by atoms with Gasteiger partial charge in [0.2, 0.25) is 0 Å². The minimum Gasteiger partial charge on any atom is -0.350 e. The van der Waals surface area contributed by atoms with E-state index in [0.29, 0.717) is 6.61 Å². The first-order chi connectivity index (χ1) is 18.0. The SMILES string of the molecule is O=C(/C=C/c1ccc2c(c1)CCC2NCCc1cc(C(F)(F)F)cc(C(F)(F)F)c1)NOC1CCCCO1. The third-order valence-electron chi connectivity index (χ3n) is 6.55. The van der Waals surface area contributed by atoms with E-state index in [1.165, 1.54) is 6.08 Å². The Morgan fingerprint density at radius 3 is 2.39 bits per heavy atom. The number of halogens is 6. The lowest BCUT2D eigenvalue weighted by Crippen LogP contribution is -2.32. The molecule has 1 fully saturated rings. The molecule has 4 rings (SSSR count). The summed E-state index contributed by atoms with van der Waals surface area (Å²) < 4.78 is 84.0. The molecule has 2 aliphatic rings. The van der Waals surface area contributed by atoms with E-state index in [2.05, 4.69) is 10.8 Å². The van der Waals surface area contributed by atoms with Gasteiger partial charge in [0, 0.05) is 25.1 Å². The van der Waals surface area contributed by atoms with Crippen molar-refractivity contribution in [3.05, 3.63) is 75.9 Å². The fourth-order valence-corrected chi connectivity index (χ4v) is 4.64. The highest BCUT2D eigenvalue weighted by Crippen LogP contribution is 2.37. The summed E-state index contributed by atoms with van der Waals surface area (Å²) in [5, 5.41) is 3.25. The number of nitrogens with one attached hydrogen (secondary N) is 2. The number of hydroxylamine groups is 1. The minimum absolute atomic E-state index is 0.0166. The zero-order chi connectivity index (χ0) is 27.3. The average molecular weight is 543 g/mol. The van der Waals surface area contributed by atoms with Crippen LogP contribution in [-0.4, -0.2) is 25.3 Å². The van der Waals surface area contributed by atoms with E-state index < -0.39 is 35.7 Å². The first-order valence-electron chi connectivity index (χ1n) is 12.4. The number of aryl methyl sites for hydroxylation is 1. The zero-order valence-corrected chi connectivity index (χ0v) is 20.4. The second-order valence-electron chi connectivity index (χ2n) is 9.38. The summed E-state index contributed by atoms with van der Waals surface area (Å²) >= 11 is 0. The fraction of sp³-hybridized carbons (Fsp3) is 0.444. The molecular weight excluding hydrogens is 514 g/mol. The number of fused-ring (bicyclic) bond motifs is 1. The van der Waals surface area contributed by atoms with Crippen molar-refractivity contribution in [1.82, 2.24) is 10.8 Å². The van der Waals surface area contributed by atoms with E-state index in [9.17, 15) is 31.1 Å². The largest absolute Gasteiger partial charge is 0.416 e. The summed E-state index contributed by atoms with van der Waals surface area (Å²) in [6, 6.07) is 7.31. The second kappa shape index (κ2) is 11.9. The van der Waals surface area contributed by atoms with Crippen LogP contribution in [0.3, 0.4) is 0 Å². The number of benzene rings is 2. The molecule has 0 saturated carbocycles. The van der Waals surface area contributed by atoms with E-state index in [1.807, 2.05) is 18.2 Å². The number of hydrogen-bond donors (Lipinski definition) is 2. The van der Waals surface area contributed by atoms with Crippen LogP contribution in [0.2, 0.25) is 0 Å².